The number of rotatable bonds is 6. The lowest BCUT2D eigenvalue weighted by Gasteiger charge is -2.19. The van der Waals surface area contributed by atoms with Gasteiger partial charge in [0.2, 0.25) is 0 Å². The van der Waals surface area contributed by atoms with Crippen LogP contribution in [0.3, 0.4) is 0 Å². The summed E-state index contributed by atoms with van der Waals surface area (Å²) in [6.07, 6.45) is 0.263. The minimum absolute atomic E-state index is 0.110. The van der Waals surface area contributed by atoms with E-state index < -0.39 is 11.6 Å². The van der Waals surface area contributed by atoms with Gasteiger partial charge in [0.1, 0.15) is 17.4 Å². The van der Waals surface area contributed by atoms with Gasteiger partial charge in [-0.2, -0.15) is 0 Å². The minimum Gasteiger partial charge on any atom is -0.497 e. The second kappa shape index (κ2) is 7.18. The predicted molar refractivity (Wildman–Crippen MR) is 79.5 cm³/mol. The summed E-state index contributed by atoms with van der Waals surface area (Å²) in [5, 5.41) is 3.27. The molecule has 2 aromatic carbocycles. The van der Waals surface area contributed by atoms with Crippen molar-refractivity contribution in [2.24, 2.45) is 0 Å². The van der Waals surface area contributed by atoms with E-state index in [4.69, 9.17) is 4.74 Å². The molecular weight excluding hydrogens is 272 g/mol. The van der Waals surface area contributed by atoms with E-state index in [9.17, 15) is 8.78 Å². The van der Waals surface area contributed by atoms with Crippen molar-refractivity contribution >= 4 is 0 Å². The van der Waals surface area contributed by atoms with Crippen molar-refractivity contribution in [1.29, 1.82) is 0 Å². The van der Waals surface area contributed by atoms with Gasteiger partial charge < -0.3 is 10.1 Å². The van der Waals surface area contributed by atoms with Crippen molar-refractivity contribution in [2.75, 3.05) is 13.7 Å². The molecule has 2 nitrogen and oxygen atoms in total. The normalized spacial score (nSPS) is 12.2. The molecule has 2 aromatic rings. The van der Waals surface area contributed by atoms with Gasteiger partial charge in [0.15, 0.2) is 0 Å². The molecule has 0 aliphatic heterocycles. The van der Waals surface area contributed by atoms with Crippen LogP contribution in [0.5, 0.6) is 5.75 Å². The molecule has 0 heterocycles. The zero-order chi connectivity index (χ0) is 15.2. The van der Waals surface area contributed by atoms with Gasteiger partial charge in [0.25, 0.3) is 0 Å². The first-order valence-electron chi connectivity index (χ1n) is 6.96. The highest BCUT2D eigenvalue weighted by Crippen LogP contribution is 2.24. The van der Waals surface area contributed by atoms with Crippen LogP contribution in [0.25, 0.3) is 0 Å². The molecule has 0 aliphatic rings. The lowest BCUT2D eigenvalue weighted by atomic mass is 9.98. The first kappa shape index (κ1) is 15.4. The van der Waals surface area contributed by atoms with Gasteiger partial charge in [-0.25, -0.2) is 8.78 Å². The molecule has 0 aliphatic carbocycles. The van der Waals surface area contributed by atoms with E-state index in [-0.39, 0.29) is 18.0 Å². The van der Waals surface area contributed by atoms with Crippen molar-refractivity contribution in [3.63, 3.8) is 0 Å². The third-order valence-corrected chi connectivity index (χ3v) is 3.44. The molecule has 0 saturated carbocycles. The maximum atomic E-state index is 13.8. The number of nitrogens with one attached hydrogen (secondary N) is 1. The Morgan fingerprint density at radius 1 is 1.05 bits per heavy atom. The molecule has 0 fully saturated rings. The van der Waals surface area contributed by atoms with Crippen molar-refractivity contribution in [1.82, 2.24) is 5.32 Å². The molecule has 2 rings (SSSR count). The van der Waals surface area contributed by atoms with Crippen LogP contribution in [0.15, 0.2) is 42.5 Å². The van der Waals surface area contributed by atoms with E-state index in [0.29, 0.717) is 6.54 Å². The summed E-state index contributed by atoms with van der Waals surface area (Å²) in [6, 6.07) is 11.3. The third kappa shape index (κ3) is 3.79. The average molecular weight is 291 g/mol. The largest absolute Gasteiger partial charge is 0.497 e. The molecule has 1 N–H and O–H groups in total. The summed E-state index contributed by atoms with van der Waals surface area (Å²) in [5.41, 5.74) is 1.08. The van der Waals surface area contributed by atoms with Crippen LogP contribution in [0.1, 0.15) is 24.1 Å². The molecule has 0 aromatic heterocycles. The van der Waals surface area contributed by atoms with Crippen LogP contribution < -0.4 is 10.1 Å². The van der Waals surface area contributed by atoms with E-state index in [1.54, 1.807) is 7.11 Å². The molecule has 0 amide bonds. The Balaban J connectivity index is 2.26. The number of hydrogen-bond donors (Lipinski definition) is 1. The first-order valence-corrected chi connectivity index (χ1v) is 6.96. The van der Waals surface area contributed by atoms with Crippen LogP contribution in [0, 0.1) is 11.6 Å². The summed E-state index contributed by atoms with van der Waals surface area (Å²) in [4.78, 5) is 0. The van der Waals surface area contributed by atoms with E-state index in [2.05, 4.69) is 5.32 Å². The smallest absolute Gasteiger partial charge is 0.129 e. The fourth-order valence-corrected chi connectivity index (χ4v) is 2.32. The summed E-state index contributed by atoms with van der Waals surface area (Å²) in [6.45, 7) is 2.68. The second-order valence-electron chi connectivity index (χ2n) is 4.79. The third-order valence-electron chi connectivity index (χ3n) is 3.44. The van der Waals surface area contributed by atoms with Crippen LogP contribution in [-0.2, 0) is 6.42 Å². The Morgan fingerprint density at radius 2 is 1.67 bits per heavy atom. The Labute approximate surface area is 123 Å². The van der Waals surface area contributed by atoms with Crippen molar-refractivity contribution in [3.8, 4) is 5.75 Å². The van der Waals surface area contributed by atoms with Gasteiger partial charge in [-0.3, -0.25) is 0 Å². The molecule has 21 heavy (non-hydrogen) atoms. The fourth-order valence-electron chi connectivity index (χ4n) is 2.32. The standard InChI is InChI=1S/C17H19F2NO/c1-3-20-17(12-7-9-13(21-2)10-8-12)11-14-15(18)5-4-6-16(14)19/h4-10,17,20H,3,11H2,1-2H3. The number of benzene rings is 2. The van der Waals surface area contributed by atoms with Gasteiger partial charge in [-0.15, -0.1) is 0 Å². The predicted octanol–water partition coefficient (Wildman–Crippen LogP) is 3.87. The highest BCUT2D eigenvalue weighted by atomic mass is 19.1. The Bertz CT molecular complexity index is 564. The molecule has 0 radical (unpaired) electrons. The van der Waals surface area contributed by atoms with Gasteiger partial charge in [0, 0.05) is 11.6 Å². The Morgan fingerprint density at radius 3 is 2.19 bits per heavy atom. The molecule has 0 saturated heterocycles. The van der Waals surface area contributed by atoms with Crippen molar-refractivity contribution < 1.29 is 13.5 Å². The van der Waals surface area contributed by atoms with Crippen LogP contribution in [0.4, 0.5) is 8.78 Å². The van der Waals surface area contributed by atoms with E-state index in [1.807, 2.05) is 31.2 Å². The fraction of sp³-hybridized carbons (Fsp3) is 0.294. The molecule has 1 atom stereocenters. The van der Waals surface area contributed by atoms with Crippen LogP contribution in [-0.4, -0.2) is 13.7 Å². The lowest BCUT2D eigenvalue weighted by Crippen LogP contribution is -2.23. The molecule has 4 heteroatoms. The zero-order valence-corrected chi connectivity index (χ0v) is 12.2. The minimum atomic E-state index is -0.508. The first-order chi connectivity index (χ1) is 10.2. The Kier molecular flexibility index (Phi) is 5.28. The van der Waals surface area contributed by atoms with Gasteiger partial charge >= 0.3 is 0 Å². The summed E-state index contributed by atoms with van der Waals surface area (Å²) in [7, 11) is 1.60. The number of likely N-dealkylation sites (N-methyl/N-ethyl adjacent to an activating group) is 1. The van der Waals surface area contributed by atoms with E-state index in [1.165, 1.54) is 18.2 Å². The number of ether oxygens (including phenoxy) is 1. The topological polar surface area (TPSA) is 21.3 Å². The molecule has 0 spiro atoms. The van der Waals surface area contributed by atoms with Crippen LogP contribution in [0.2, 0.25) is 0 Å². The highest BCUT2D eigenvalue weighted by molar-refractivity contribution is 5.31. The van der Waals surface area contributed by atoms with Crippen LogP contribution >= 0.6 is 0 Å². The summed E-state index contributed by atoms with van der Waals surface area (Å²) in [5.74, 6) is -0.260. The van der Waals surface area contributed by atoms with E-state index >= 15 is 0 Å². The molecule has 1 unspecified atom stereocenters. The summed E-state index contributed by atoms with van der Waals surface area (Å²) < 4.78 is 32.7. The highest BCUT2D eigenvalue weighted by Gasteiger charge is 2.16. The number of methoxy groups -OCH3 is 1. The average Bonchev–Trinajstić information content (AvgIpc) is 2.50. The van der Waals surface area contributed by atoms with Crippen molar-refractivity contribution in [3.05, 3.63) is 65.2 Å². The second-order valence-corrected chi connectivity index (χ2v) is 4.79. The van der Waals surface area contributed by atoms with Crippen molar-refractivity contribution in [2.45, 2.75) is 19.4 Å². The number of halogens is 2. The van der Waals surface area contributed by atoms with Gasteiger partial charge in [0.05, 0.1) is 7.11 Å². The zero-order valence-electron chi connectivity index (χ0n) is 12.2. The number of hydrogen-bond acceptors (Lipinski definition) is 2. The maximum Gasteiger partial charge on any atom is 0.129 e. The molecular formula is C17H19F2NO. The van der Waals surface area contributed by atoms with E-state index in [0.717, 1.165) is 11.3 Å². The summed E-state index contributed by atoms with van der Waals surface area (Å²) >= 11 is 0. The maximum absolute atomic E-state index is 13.8. The van der Waals surface area contributed by atoms with Gasteiger partial charge in [-0.1, -0.05) is 25.1 Å². The SMILES string of the molecule is CCNC(Cc1c(F)cccc1F)c1ccc(OC)cc1. The quantitative estimate of drug-likeness (QED) is 0.872. The Hall–Kier alpha value is -1.94. The van der Waals surface area contributed by atoms with Gasteiger partial charge in [-0.05, 0) is 42.8 Å². The molecule has 112 valence electrons. The monoisotopic (exact) mass is 291 g/mol. The lowest BCUT2D eigenvalue weighted by molar-refractivity contribution is 0.414. The molecule has 0 bridgehead atoms.